The van der Waals surface area contributed by atoms with Crippen LogP contribution in [0.5, 0.6) is 0 Å². The normalized spacial score (nSPS) is 14.4. The molecule has 3 nitrogen and oxygen atoms in total. The van der Waals surface area contributed by atoms with Crippen LogP contribution in [0.1, 0.15) is 5.56 Å². The van der Waals surface area contributed by atoms with Crippen molar-refractivity contribution in [2.45, 2.75) is 47.4 Å². The van der Waals surface area contributed by atoms with Crippen LogP contribution in [0, 0.1) is 0 Å². The van der Waals surface area contributed by atoms with E-state index in [9.17, 15) is 65.7 Å². The van der Waals surface area contributed by atoms with Crippen LogP contribution in [0.15, 0.2) is 41.3 Å². The monoisotopic (exact) mass is 544 g/mol. The molecule has 0 saturated heterocycles. The zero-order valence-electron chi connectivity index (χ0n) is 16.4. The van der Waals surface area contributed by atoms with Crippen LogP contribution >= 0.6 is 0 Å². The van der Waals surface area contributed by atoms with E-state index in [1.807, 2.05) is 0 Å². The van der Waals surface area contributed by atoms with Gasteiger partial charge in [0.25, 0.3) is 0 Å². The maximum Gasteiger partial charge on any atom is 1.00 e. The summed E-state index contributed by atoms with van der Waals surface area (Å²) in [5.41, 5.74) is -0.966. The van der Waals surface area contributed by atoms with Crippen molar-refractivity contribution in [1.29, 1.82) is 0 Å². The number of benzene rings is 2. The molecular weight excluding hydrogens is 535 g/mol. The van der Waals surface area contributed by atoms with Gasteiger partial charge in [0.1, 0.15) is 10.1 Å². The van der Waals surface area contributed by atoms with Crippen LogP contribution in [-0.2, 0) is 16.5 Å². The van der Waals surface area contributed by atoms with E-state index >= 15 is 0 Å². The van der Waals surface area contributed by atoms with Crippen molar-refractivity contribution in [2.24, 2.45) is 0 Å². The fraction of sp³-hybridized carbons (Fsp3) is 0.412. The average Bonchev–Trinajstić information content (AvgIpc) is 2.66. The second-order valence-corrected chi connectivity index (χ2v) is 8.16. The van der Waals surface area contributed by atoms with Gasteiger partial charge in [0, 0.05) is 6.42 Å². The molecule has 0 unspecified atom stereocenters. The summed E-state index contributed by atoms with van der Waals surface area (Å²) in [7, 11) is -5.06. The van der Waals surface area contributed by atoms with Crippen LogP contribution in [0.3, 0.4) is 0 Å². The Morgan fingerprint density at radius 3 is 1.79 bits per heavy atom. The Balaban J connectivity index is 0.00000578. The van der Waals surface area contributed by atoms with E-state index in [1.165, 1.54) is 0 Å². The Morgan fingerprint density at radius 2 is 1.32 bits per heavy atom. The first-order valence-corrected chi connectivity index (χ1v) is 9.67. The van der Waals surface area contributed by atoms with Gasteiger partial charge in [-0.15, -0.1) is 0 Å². The molecule has 0 atom stereocenters. The third-order valence-electron chi connectivity index (χ3n) is 4.58. The Bertz CT molecular complexity index is 1150. The Labute approximate surface area is 205 Å². The van der Waals surface area contributed by atoms with Crippen LogP contribution in [0.4, 0.5) is 52.7 Å². The standard InChI is InChI=1S/C17H10F12O3S.Na/c18-12(19)14(22,23)16(26,27)17(28,29)15(24,25)13(20,21)7-9-3-1-2-8-6-10(33(30,31)32)4-5-11(8)9;/h1-6,12H,7H2,(H,30,31,32);/q;+1/p-1. The summed E-state index contributed by atoms with van der Waals surface area (Å²) in [6, 6.07) is 4.25. The number of alkyl halides is 12. The van der Waals surface area contributed by atoms with E-state index in [-0.39, 0.29) is 34.9 Å². The molecule has 0 spiro atoms. The van der Waals surface area contributed by atoms with Gasteiger partial charge in [-0.25, -0.2) is 17.2 Å². The Kier molecular flexibility index (Phi) is 8.45. The van der Waals surface area contributed by atoms with Crippen molar-refractivity contribution in [3.8, 4) is 0 Å². The predicted molar refractivity (Wildman–Crippen MR) is 86.4 cm³/mol. The average molecular weight is 544 g/mol. The zero-order chi connectivity index (χ0) is 25.8. The van der Waals surface area contributed by atoms with Gasteiger partial charge >= 0.3 is 65.6 Å². The van der Waals surface area contributed by atoms with Crippen molar-refractivity contribution in [2.75, 3.05) is 0 Å². The van der Waals surface area contributed by atoms with E-state index in [0.717, 1.165) is 12.1 Å². The first kappa shape index (κ1) is 30.8. The third-order valence-corrected chi connectivity index (χ3v) is 5.42. The van der Waals surface area contributed by atoms with E-state index < -0.39 is 68.4 Å². The minimum absolute atomic E-state index is 0. The number of hydrogen-bond donors (Lipinski definition) is 0. The minimum atomic E-state index is -7.64. The van der Waals surface area contributed by atoms with Crippen LogP contribution in [-0.4, -0.2) is 49.0 Å². The number of halogens is 12. The van der Waals surface area contributed by atoms with Crippen LogP contribution in [0.25, 0.3) is 10.8 Å². The van der Waals surface area contributed by atoms with Gasteiger partial charge in [0.05, 0.1) is 4.90 Å². The van der Waals surface area contributed by atoms with Crippen molar-refractivity contribution in [3.05, 3.63) is 42.0 Å². The van der Waals surface area contributed by atoms with Crippen molar-refractivity contribution >= 4 is 20.9 Å². The van der Waals surface area contributed by atoms with E-state index in [2.05, 4.69) is 0 Å². The van der Waals surface area contributed by atoms with Gasteiger partial charge in [0.15, 0.2) is 0 Å². The number of rotatable bonds is 8. The topological polar surface area (TPSA) is 57.2 Å². The zero-order valence-corrected chi connectivity index (χ0v) is 19.2. The summed E-state index contributed by atoms with van der Waals surface area (Å²) in [6.45, 7) is 0. The number of fused-ring (bicyclic) bond motifs is 1. The van der Waals surface area contributed by atoms with Crippen LogP contribution < -0.4 is 29.6 Å². The predicted octanol–water partition coefficient (Wildman–Crippen LogP) is 2.73. The van der Waals surface area contributed by atoms with Crippen molar-refractivity contribution in [1.82, 2.24) is 0 Å². The van der Waals surface area contributed by atoms with Crippen LogP contribution in [0.2, 0.25) is 0 Å². The molecule has 0 radical (unpaired) electrons. The van der Waals surface area contributed by atoms with Gasteiger partial charge in [-0.2, -0.15) is 43.9 Å². The molecule has 2 aromatic rings. The van der Waals surface area contributed by atoms with Gasteiger partial charge in [-0.1, -0.05) is 24.3 Å². The summed E-state index contributed by atoms with van der Waals surface area (Å²) < 4.78 is 193. The van der Waals surface area contributed by atoms with Gasteiger partial charge in [0.2, 0.25) is 0 Å². The Hall–Kier alpha value is -1.23. The quantitative estimate of drug-likeness (QED) is 0.292. The molecule has 0 fully saturated rings. The largest absolute Gasteiger partial charge is 1.00 e. The SMILES string of the molecule is O=S(=O)([O-])c1ccc2c(CC(F)(F)C(F)(F)C(F)(F)C(F)(F)C(F)(F)C(F)F)cccc2c1.[Na+]. The summed E-state index contributed by atoms with van der Waals surface area (Å²) in [5.74, 6) is -35.8. The first-order chi connectivity index (χ1) is 14.6. The summed E-state index contributed by atoms with van der Waals surface area (Å²) in [5, 5.41) is -0.849. The molecule has 0 aromatic heterocycles. The second-order valence-electron chi connectivity index (χ2n) is 6.78. The molecule has 0 aliphatic carbocycles. The molecule has 2 rings (SSSR count). The fourth-order valence-electron chi connectivity index (χ4n) is 2.76. The maximum atomic E-state index is 14.2. The smallest absolute Gasteiger partial charge is 0.744 e. The molecule has 0 saturated carbocycles. The van der Waals surface area contributed by atoms with E-state index in [0.29, 0.717) is 24.3 Å². The maximum absolute atomic E-state index is 14.2. The molecule has 186 valence electrons. The molecular formula is C17H9F12NaO3S. The van der Waals surface area contributed by atoms with Gasteiger partial charge in [-0.05, 0) is 28.5 Å². The fourth-order valence-corrected chi connectivity index (χ4v) is 3.27. The molecule has 0 N–H and O–H groups in total. The van der Waals surface area contributed by atoms with Gasteiger partial charge < -0.3 is 4.55 Å². The first-order valence-electron chi connectivity index (χ1n) is 8.26. The molecule has 0 heterocycles. The second kappa shape index (κ2) is 9.33. The third kappa shape index (κ3) is 4.88. The molecule has 0 bridgehead atoms. The molecule has 0 aliphatic rings. The van der Waals surface area contributed by atoms with E-state index in [4.69, 9.17) is 0 Å². The molecule has 0 amide bonds. The summed E-state index contributed by atoms with van der Waals surface area (Å²) >= 11 is 0. The summed E-state index contributed by atoms with van der Waals surface area (Å²) in [4.78, 5) is -0.885. The van der Waals surface area contributed by atoms with Crippen molar-refractivity contribution < 1.29 is 95.2 Å². The molecule has 17 heteroatoms. The van der Waals surface area contributed by atoms with Crippen molar-refractivity contribution in [3.63, 3.8) is 0 Å². The number of hydrogen-bond acceptors (Lipinski definition) is 3. The minimum Gasteiger partial charge on any atom is -0.744 e. The molecule has 2 aromatic carbocycles. The molecule has 34 heavy (non-hydrogen) atoms. The van der Waals surface area contributed by atoms with E-state index in [1.54, 1.807) is 0 Å². The molecule has 0 aliphatic heterocycles. The van der Waals surface area contributed by atoms with Gasteiger partial charge in [-0.3, -0.25) is 0 Å². The Morgan fingerprint density at radius 1 is 0.794 bits per heavy atom. The summed E-state index contributed by atoms with van der Waals surface area (Å²) in [6.07, 6.45) is -8.07.